The van der Waals surface area contributed by atoms with Crippen LogP contribution >= 0.6 is 11.3 Å². The van der Waals surface area contributed by atoms with Crippen LogP contribution < -0.4 is 10.1 Å². The number of rotatable bonds is 6. The summed E-state index contributed by atoms with van der Waals surface area (Å²) in [6, 6.07) is 20.5. The molecule has 6 heteroatoms. The summed E-state index contributed by atoms with van der Waals surface area (Å²) in [7, 11) is 0. The molecule has 0 saturated heterocycles. The standard InChI is InChI=1S/C23H19N3O2S/c1-16(23-26-20(15-29-23)17-8-3-2-4-9-17)25-22(27)19-11-5-6-12-21(19)28-18-10-7-13-24-14-18/h2-16H,1H3,(H,25,27). The monoisotopic (exact) mass is 401 g/mol. The number of amides is 1. The van der Waals surface area contributed by atoms with E-state index in [1.165, 1.54) is 11.3 Å². The molecule has 4 rings (SSSR count). The topological polar surface area (TPSA) is 64.1 Å². The van der Waals surface area contributed by atoms with Gasteiger partial charge in [0.15, 0.2) is 0 Å². The number of nitrogens with one attached hydrogen (secondary N) is 1. The molecule has 1 atom stereocenters. The van der Waals surface area contributed by atoms with Crippen LogP contribution in [0.3, 0.4) is 0 Å². The second-order valence-electron chi connectivity index (χ2n) is 6.42. The molecule has 0 bridgehead atoms. The van der Waals surface area contributed by atoms with Gasteiger partial charge in [-0.3, -0.25) is 9.78 Å². The van der Waals surface area contributed by atoms with Gasteiger partial charge in [0, 0.05) is 17.1 Å². The van der Waals surface area contributed by atoms with E-state index in [2.05, 4.69) is 15.3 Å². The number of ether oxygens (including phenoxy) is 1. The Morgan fingerprint density at radius 1 is 1.03 bits per heavy atom. The number of nitrogens with zero attached hydrogens (tertiary/aromatic N) is 2. The Labute approximate surface area is 173 Å². The molecule has 0 saturated carbocycles. The summed E-state index contributed by atoms with van der Waals surface area (Å²) in [5.41, 5.74) is 2.43. The zero-order chi connectivity index (χ0) is 20.1. The van der Waals surface area contributed by atoms with Crippen LogP contribution in [0.15, 0.2) is 84.5 Å². The zero-order valence-electron chi connectivity index (χ0n) is 15.8. The third-order valence-corrected chi connectivity index (χ3v) is 5.33. The summed E-state index contributed by atoms with van der Waals surface area (Å²) >= 11 is 1.53. The molecule has 2 aromatic carbocycles. The van der Waals surface area contributed by atoms with E-state index < -0.39 is 0 Å². The SMILES string of the molecule is CC(NC(=O)c1ccccc1Oc1cccnc1)c1nc(-c2ccccc2)cs1. The van der Waals surface area contributed by atoms with Crippen LogP contribution in [0.25, 0.3) is 11.3 Å². The second kappa shape index (κ2) is 8.67. The maximum atomic E-state index is 12.9. The molecule has 144 valence electrons. The molecule has 4 aromatic rings. The van der Waals surface area contributed by atoms with E-state index in [1.807, 2.05) is 54.8 Å². The lowest BCUT2D eigenvalue weighted by Crippen LogP contribution is -2.26. The lowest BCUT2D eigenvalue weighted by atomic mass is 10.1. The number of pyridine rings is 1. The summed E-state index contributed by atoms with van der Waals surface area (Å²) in [4.78, 5) is 21.6. The van der Waals surface area contributed by atoms with Gasteiger partial charge in [0.25, 0.3) is 5.91 Å². The highest BCUT2D eigenvalue weighted by molar-refractivity contribution is 7.10. The Kier molecular flexibility index (Phi) is 5.63. The van der Waals surface area contributed by atoms with E-state index in [9.17, 15) is 4.79 Å². The molecular formula is C23H19N3O2S. The predicted molar refractivity (Wildman–Crippen MR) is 114 cm³/mol. The van der Waals surface area contributed by atoms with Gasteiger partial charge in [0.1, 0.15) is 16.5 Å². The highest BCUT2D eigenvalue weighted by Crippen LogP contribution is 2.27. The highest BCUT2D eigenvalue weighted by Gasteiger charge is 2.18. The van der Waals surface area contributed by atoms with Crippen LogP contribution in [0.4, 0.5) is 0 Å². The van der Waals surface area contributed by atoms with Crippen LogP contribution in [0.1, 0.15) is 28.3 Å². The van der Waals surface area contributed by atoms with Gasteiger partial charge in [0.2, 0.25) is 0 Å². The summed E-state index contributed by atoms with van der Waals surface area (Å²) in [5.74, 6) is 0.844. The van der Waals surface area contributed by atoms with Gasteiger partial charge in [-0.2, -0.15) is 0 Å². The first-order valence-corrected chi connectivity index (χ1v) is 10.1. The van der Waals surface area contributed by atoms with Gasteiger partial charge in [0.05, 0.1) is 23.5 Å². The molecule has 29 heavy (non-hydrogen) atoms. The van der Waals surface area contributed by atoms with Crippen molar-refractivity contribution in [3.05, 3.63) is 95.1 Å². The van der Waals surface area contributed by atoms with Crippen LogP contribution in [-0.2, 0) is 0 Å². The maximum absolute atomic E-state index is 12.9. The number of hydrogen-bond acceptors (Lipinski definition) is 5. The molecule has 0 aliphatic carbocycles. The molecule has 2 aromatic heterocycles. The van der Waals surface area contributed by atoms with Crippen LogP contribution in [0, 0.1) is 0 Å². The van der Waals surface area contributed by atoms with E-state index >= 15 is 0 Å². The second-order valence-corrected chi connectivity index (χ2v) is 7.31. The first kappa shape index (κ1) is 18.8. The minimum Gasteiger partial charge on any atom is -0.455 e. The van der Waals surface area contributed by atoms with Gasteiger partial charge in [-0.05, 0) is 31.2 Å². The van der Waals surface area contributed by atoms with Crippen molar-refractivity contribution in [3.63, 3.8) is 0 Å². The minimum atomic E-state index is -0.226. The molecule has 0 fully saturated rings. The van der Waals surface area contributed by atoms with Crippen molar-refractivity contribution in [1.82, 2.24) is 15.3 Å². The summed E-state index contributed by atoms with van der Waals surface area (Å²) in [6.45, 7) is 1.93. The number of para-hydroxylation sites is 1. The van der Waals surface area contributed by atoms with Gasteiger partial charge in [-0.25, -0.2) is 4.98 Å². The average molecular weight is 401 g/mol. The molecule has 5 nitrogen and oxygen atoms in total. The molecule has 0 aliphatic heterocycles. The van der Waals surface area contributed by atoms with Crippen molar-refractivity contribution in [2.75, 3.05) is 0 Å². The Hall–Kier alpha value is -3.51. The third kappa shape index (κ3) is 4.50. The molecule has 1 N–H and O–H groups in total. The first-order chi connectivity index (χ1) is 14.2. The molecular weight excluding hydrogens is 382 g/mol. The van der Waals surface area contributed by atoms with E-state index in [0.717, 1.165) is 16.3 Å². The van der Waals surface area contributed by atoms with Gasteiger partial charge < -0.3 is 10.1 Å². The number of hydrogen-bond donors (Lipinski definition) is 1. The van der Waals surface area contributed by atoms with Crippen molar-refractivity contribution in [2.24, 2.45) is 0 Å². The fourth-order valence-corrected chi connectivity index (χ4v) is 3.68. The van der Waals surface area contributed by atoms with Crippen molar-refractivity contribution in [2.45, 2.75) is 13.0 Å². The molecule has 1 amide bonds. The van der Waals surface area contributed by atoms with Crippen molar-refractivity contribution in [1.29, 1.82) is 0 Å². The molecule has 1 unspecified atom stereocenters. The number of carbonyl (C=O) groups excluding carboxylic acids is 1. The zero-order valence-corrected chi connectivity index (χ0v) is 16.6. The van der Waals surface area contributed by atoms with Crippen molar-refractivity contribution < 1.29 is 9.53 Å². The smallest absolute Gasteiger partial charge is 0.255 e. The van der Waals surface area contributed by atoms with E-state index in [4.69, 9.17) is 4.74 Å². The fourth-order valence-electron chi connectivity index (χ4n) is 2.84. The van der Waals surface area contributed by atoms with Crippen LogP contribution in [0.5, 0.6) is 11.5 Å². The molecule has 0 spiro atoms. The normalized spacial score (nSPS) is 11.6. The van der Waals surface area contributed by atoms with Gasteiger partial charge in [-0.15, -0.1) is 11.3 Å². The third-order valence-electron chi connectivity index (χ3n) is 4.30. The number of aromatic nitrogens is 2. The van der Waals surface area contributed by atoms with Crippen molar-refractivity contribution in [3.8, 4) is 22.8 Å². The van der Waals surface area contributed by atoms with E-state index in [1.54, 1.807) is 36.7 Å². The lowest BCUT2D eigenvalue weighted by molar-refractivity contribution is 0.0937. The number of carbonyl (C=O) groups is 1. The van der Waals surface area contributed by atoms with Crippen molar-refractivity contribution >= 4 is 17.2 Å². The molecule has 2 heterocycles. The largest absolute Gasteiger partial charge is 0.455 e. The Morgan fingerprint density at radius 2 is 1.83 bits per heavy atom. The quantitative estimate of drug-likeness (QED) is 0.464. The number of benzene rings is 2. The molecule has 0 aliphatic rings. The minimum absolute atomic E-state index is 0.214. The summed E-state index contributed by atoms with van der Waals surface area (Å²) in [6.07, 6.45) is 3.28. The maximum Gasteiger partial charge on any atom is 0.255 e. The summed E-state index contributed by atoms with van der Waals surface area (Å²) < 4.78 is 5.84. The van der Waals surface area contributed by atoms with Crippen LogP contribution in [0.2, 0.25) is 0 Å². The molecule has 0 radical (unpaired) electrons. The predicted octanol–water partition coefficient (Wildman–Crippen LogP) is 5.49. The lowest BCUT2D eigenvalue weighted by Gasteiger charge is -2.14. The van der Waals surface area contributed by atoms with Gasteiger partial charge >= 0.3 is 0 Å². The Balaban J connectivity index is 1.49. The number of thiazole rings is 1. The van der Waals surface area contributed by atoms with Gasteiger partial charge in [-0.1, -0.05) is 42.5 Å². The summed E-state index contributed by atoms with van der Waals surface area (Å²) in [5, 5.41) is 5.87. The average Bonchev–Trinajstić information content (AvgIpc) is 3.26. The fraction of sp³-hybridized carbons (Fsp3) is 0.0870. The van der Waals surface area contributed by atoms with E-state index in [-0.39, 0.29) is 11.9 Å². The Morgan fingerprint density at radius 3 is 2.62 bits per heavy atom. The first-order valence-electron chi connectivity index (χ1n) is 9.19. The Bertz CT molecular complexity index is 1100. The van der Waals surface area contributed by atoms with E-state index in [0.29, 0.717) is 17.1 Å². The van der Waals surface area contributed by atoms with Crippen LogP contribution in [-0.4, -0.2) is 15.9 Å². The highest BCUT2D eigenvalue weighted by atomic mass is 32.1.